The first-order valence-electron chi connectivity index (χ1n) is 8.16. The van der Waals surface area contributed by atoms with Crippen molar-refractivity contribution in [3.05, 3.63) is 29.8 Å². The molecule has 1 fully saturated rings. The number of aliphatic hydroxyl groups is 1. The average Bonchev–Trinajstić information content (AvgIpc) is 2.48. The fourth-order valence-electron chi connectivity index (χ4n) is 3.24. The second kappa shape index (κ2) is 7.28. The van der Waals surface area contributed by atoms with Crippen LogP contribution in [-0.4, -0.2) is 23.4 Å². The van der Waals surface area contributed by atoms with E-state index < -0.39 is 11.7 Å². The summed E-state index contributed by atoms with van der Waals surface area (Å²) < 4.78 is 11.7. The van der Waals surface area contributed by atoms with E-state index in [0.29, 0.717) is 6.61 Å². The Bertz CT molecular complexity index is 413. The Kier molecular flexibility index (Phi) is 5.65. The van der Waals surface area contributed by atoms with Gasteiger partial charge in [0.25, 0.3) is 0 Å². The Morgan fingerprint density at radius 2 is 1.71 bits per heavy atom. The lowest BCUT2D eigenvalue weighted by Crippen LogP contribution is -2.41. The van der Waals surface area contributed by atoms with Crippen LogP contribution < -0.4 is 4.74 Å². The summed E-state index contributed by atoms with van der Waals surface area (Å²) in [5.74, 6) is 0.843. The molecule has 3 heteroatoms. The smallest absolute Gasteiger partial charge is 0.119 e. The van der Waals surface area contributed by atoms with Gasteiger partial charge in [0.2, 0.25) is 0 Å². The van der Waals surface area contributed by atoms with Gasteiger partial charge in [-0.15, -0.1) is 0 Å². The topological polar surface area (TPSA) is 38.7 Å². The standard InChI is InChI=1S/C18H28O3/c1-4-20-18(12-6-5-7-13-18)17(19)15-8-10-16(11-9-15)21-14(2)3/h8-11,14,17,19H,4-7,12-13H2,1-3H3. The molecular weight excluding hydrogens is 264 g/mol. The van der Waals surface area contributed by atoms with Gasteiger partial charge in [-0.05, 0) is 51.3 Å². The van der Waals surface area contributed by atoms with Crippen molar-refractivity contribution in [2.75, 3.05) is 6.61 Å². The third-order valence-electron chi connectivity index (χ3n) is 4.20. The summed E-state index contributed by atoms with van der Waals surface area (Å²) in [6.45, 7) is 6.66. The van der Waals surface area contributed by atoms with Crippen molar-refractivity contribution >= 4 is 0 Å². The second-order valence-electron chi connectivity index (χ2n) is 6.20. The van der Waals surface area contributed by atoms with Crippen LogP contribution in [0.5, 0.6) is 5.75 Å². The molecule has 0 radical (unpaired) electrons. The van der Waals surface area contributed by atoms with Crippen LogP contribution in [0.4, 0.5) is 0 Å². The first-order chi connectivity index (χ1) is 10.1. The molecule has 0 amide bonds. The SMILES string of the molecule is CCOC1(C(O)c2ccc(OC(C)C)cc2)CCCCC1. The van der Waals surface area contributed by atoms with Gasteiger partial charge in [0.1, 0.15) is 11.9 Å². The van der Waals surface area contributed by atoms with Crippen molar-refractivity contribution in [3.8, 4) is 5.75 Å². The Morgan fingerprint density at radius 1 is 1.10 bits per heavy atom. The van der Waals surface area contributed by atoms with Crippen molar-refractivity contribution in [1.82, 2.24) is 0 Å². The molecule has 2 rings (SSSR count). The molecule has 1 atom stereocenters. The van der Waals surface area contributed by atoms with Crippen LogP contribution in [0, 0.1) is 0 Å². The van der Waals surface area contributed by atoms with Crippen LogP contribution in [-0.2, 0) is 4.74 Å². The molecule has 1 saturated carbocycles. The fraction of sp³-hybridized carbons (Fsp3) is 0.667. The Morgan fingerprint density at radius 3 is 2.24 bits per heavy atom. The van der Waals surface area contributed by atoms with E-state index in [1.165, 1.54) is 6.42 Å². The highest BCUT2D eigenvalue weighted by Crippen LogP contribution is 2.41. The monoisotopic (exact) mass is 292 g/mol. The van der Waals surface area contributed by atoms with Crippen LogP contribution in [0.1, 0.15) is 64.5 Å². The van der Waals surface area contributed by atoms with E-state index in [-0.39, 0.29) is 6.10 Å². The molecule has 0 aromatic heterocycles. The third-order valence-corrected chi connectivity index (χ3v) is 4.20. The summed E-state index contributed by atoms with van der Waals surface area (Å²) in [4.78, 5) is 0. The summed E-state index contributed by atoms with van der Waals surface area (Å²) in [5.41, 5.74) is 0.509. The molecule has 0 bridgehead atoms. The van der Waals surface area contributed by atoms with E-state index >= 15 is 0 Å². The maximum atomic E-state index is 10.8. The molecule has 1 aromatic carbocycles. The fourth-order valence-corrected chi connectivity index (χ4v) is 3.24. The largest absolute Gasteiger partial charge is 0.491 e. The Labute approximate surface area is 128 Å². The van der Waals surface area contributed by atoms with Gasteiger partial charge in [-0.3, -0.25) is 0 Å². The minimum atomic E-state index is -0.564. The van der Waals surface area contributed by atoms with E-state index in [1.807, 2.05) is 45.0 Å². The number of hydrogen-bond donors (Lipinski definition) is 1. The molecule has 118 valence electrons. The predicted octanol–water partition coefficient (Wildman–Crippen LogP) is 4.25. The van der Waals surface area contributed by atoms with Gasteiger partial charge in [-0.25, -0.2) is 0 Å². The second-order valence-corrected chi connectivity index (χ2v) is 6.20. The summed E-state index contributed by atoms with van der Waals surface area (Å²) in [6, 6.07) is 7.78. The first kappa shape index (κ1) is 16.3. The molecule has 0 heterocycles. The zero-order valence-electron chi connectivity index (χ0n) is 13.5. The molecule has 1 aliphatic carbocycles. The number of ether oxygens (including phenoxy) is 2. The van der Waals surface area contributed by atoms with Gasteiger partial charge in [0.05, 0.1) is 11.7 Å². The quantitative estimate of drug-likeness (QED) is 0.852. The molecule has 1 unspecified atom stereocenters. The molecule has 1 aromatic rings. The summed E-state index contributed by atoms with van der Waals surface area (Å²) in [7, 11) is 0. The lowest BCUT2D eigenvalue weighted by molar-refractivity contribution is -0.141. The molecule has 3 nitrogen and oxygen atoms in total. The van der Waals surface area contributed by atoms with Crippen LogP contribution in [0.2, 0.25) is 0 Å². The minimum Gasteiger partial charge on any atom is -0.491 e. The van der Waals surface area contributed by atoms with Crippen LogP contribution in [0.15, 0.2) is 24.3 Å². The number of aliphatic hydroxyl groups excluding tert-OH is 1. The molecule has 0 aliphatic heterocycles. The highest BCUT2D eigenvalue weighted by molar-refractivity contribution is 5.30. The van der Waals surface area contributed by atoms with Crippen molar-refractivity contribution in [3.63, 3.8) is 0 Å². The highest BCUT2D eigenvalue weighted by Gasteiger charge is 2.40. The van der Waals surface area contributed by atoms with Crippen molar-refractivity contribution in [2.24, 2.45) is 0 Å². The average molecular weight is 292 g/mol. The maximum Gasteiger partial charge on any atom is 0.119 e. The van der Waals surface area contributed by atoms with Gasteiger partial charge in [-0.2, -0.15) is 0 Å². The Hall–Kier alpha value is -1.06. The minimum absolute atomic E-state index is 0.161. The van der Waals surface area contributed by atoms with Gasteiger partial charge < -0.3 is 14.6 Å². The van der Waals surface area contributed by atoms with E-state index in [1.54, 1.807) is 0 Å². The summed E-state index contributed by atoms with van der Waals surface area (Å²) in [6.07, 6.45) is 4.97. The molecule has 1 aliphatic rings. The normalized spacial score (nSPS) is 19.5. The van der Waals surface area contributed by atoms with E-state index in [2.05, 4.69) is 0 Å². The third kappa shape index (κ3) is 3.98. The van der Waals surface area contributed by atoms with E-state index in [0.717, 1.165) is 37.0 Å². The first-order valence-corrected chi connectivity index (χ1v) is 8.16. The van der Waals surface area contributed by atoms with Gasteiger partial charge in [0, 0.05) is 6.61 Å². The van der Waals surface area contributed by atoms with Crippen LogP contribution in [0.3, 0.4) is 0 Å². The summed E-state index contributed by atoms with van der Waals surface area (Å²) in [5, 5.41) is 10.8. The molecule has 0 spiro atoms. The zero-order chi connectivity index (χ0) is 15.3. The van der Waals surface area contributed by atoms with E-state index in [9.17, 15) is 5.11 Å². The van der Waals surface area contributed by atoms with E-state index in [4.69, 9.17) is 9.47 Å². The highest BCUT2D eigenvalue weighted by atomic mass is 16.5. The van der Waals surface area contributed by atoms with Crippen molar-refractivity contribution in [2.45, 2.75) is 70.7 Å². The van der Waals surface area contributed by atoms with Crippen molar-refractivity contribution in [1.29, 1.82) is 0 Å². The number of hydrogen-bond acceptors (Lipinski definition) is 3. The zero-order valence-corrected chi connectivity index (χ0v) is 13.5. The van der Waals surface area contributed by atoms with Gasteiger partial charge in [0.15, 0.2) is 0 Å². The van der Waals surface area contributed by atoms with Crippen molar-refractivity contribution < 1.29 is 14.6 Å². The van der Waals surface area contributed by atoms with Crippen LogP contribution >= 0.6 is 0 Å². The van der Waals surface area contributed by atoms with Crippen LogP contribution in [0.25, 0.3) is 0 Å². The number of rotatable bonds is 6. The Balaban J connectivity index is 2.14. The predicted molar refractivity (Wildman–Crippen MR) is 84.6 cm³/mol. The van der Waals surface area contributed by atoms with Gasteiger partial charge >= 0.3 is 0 Å². The lowest BCUT2D eigenvalue weighted by Gasteiger charge is -2.41. The molecular formula is C18H28O3. The lowest BCUT2D eigenvalue weighted by atomic mass is 9.78. The molecule has 0 saturated heterocycles. The molecule has 21 heavy (non-hydrogen) atoms. The van der Waals surface area contributed by atoms with Gasteiger partial charge in [-0.1, -0.05) is 31.4 Å². The summed E-state index contributed by atoms with van der Waals surface area (Å²) >= 11 is 0. The number of benzene rings is 1. The maximum absolute atomic E-state index is 10.8. The molecule has 1 N–H and O–H groups in total.